The molecule has 4 N–H and O–H groups in total. The highest BCUT2D eigenvalue weighted by Crippen LogP contribution is 2.29. The number of benzene rings is 2. The highest BCUT2D eigenvalue weighted by atomic mass is 15.4. The Morgan fingerprint density at radius 3 is 2.17 bits per heavy atom. The largest absolute Gasteiger partial charge is 0.354 e. The van der Waals surface area contributed by atoms with E-state index in [4.69, 9.17) is 0 Å². The van der Waals surface area contributed by atoms with E-state index in [1.54, 1.807) is 6.21 Å². The van der Waals surface area contributed by atoms with Crippen LogP contribution in [0.1, 0.15) is 19.4 Å². The smallest absolute Gasteiger partial charge is 0.250 e. The first-order valence-electron chi connectivity index (χ1n) is 9.97. The minimum atomic E-state index is 0.370. The maximum absolute atomic E-state index is 4.42. The Hall–Kier alpha value is -3.94. The van der Waals surface area contributed by atoms with E-state index in [-0.39, 0.29) is 0 Å². The number of hydrogen-bond donors (Lipinski definition) is 4. The molecule has 2 heterocycles. The van der Waals surface area contributed by atoms with Crippen LogP contribution >= 0.6 is 0 Å². The third kappa shape index (κ3) is 4.22. The van der Waals surface area contributed by atoms with Gasteiger partial charge in [0.25, 0.3) is 0 Å². The van der Waals surface area contributed by atoms with Crippen molar-refractivity contribution in [3.63, 3.8) is 0 Å². The molecule has 0 bridgehead atoms. The minimum Gasteiger partial charge on any atom is -0.354 e. The van der Waals surface area contributed by atoms with Crippen molar-refractivity contribution in [2.75, 3.05) is 29.1 Å². The molecule has 0 fully saturated rings. The van der Waals surface area contributed by atoms with E-state index in [9.17, 15) is 0 Å². The Balaban J connectivity index is 1.66. The fraction of sp³-hybridized carbons (Fsp3) is 0.182. The topological polar surface area (TPSA) is 103 Å². The lowest BCUT2D eigenvalue weighted by Gasteiger charge is -2.07. The van der Waals surface area contributed by atoms with Crippen LogP contribution in [0.5, 0.6) is 0 Å². The first kappa shape index (κ1) is 19.4. The molecule has 0 radical (unpaired) electrons. The fourth-order valence-electron chi connectivity index (χ4n) is 3.19. The number of nitrogens with zero attached hydrogens (tertiary/aromatic N) is 4. The lowest BCUT2D eigenvalue weighted by Crippen LogP contribution is -2.10. The highest BCUT2D eigenvalue weighted by Gasteiger charge is 2.11. The summed E-state index contributed by atoms with van der Waals surface area (Å²) in [6.07, 6.45) is 1.80. The lowest BCUT2D eigenvalue weighted by atomic mass is 10.1. The zero-order valence-corrected chi connectivity index (χ0v) is 17.0. The van der Waals surface area contributed by atoms with Crippen LogP contribution < -0.4 is 16.1 Å². The second-order valence-electron chi connectivity index (χ2n) is 6.56. The Bertz CT molecular complexity index is 1130. The van der Waals surface area contributed by atoms with E-state index >= 15 is 0 Å². The first-order valence-corrected chi connectivity index (χ1v) is 9.97. The number of aromatic nitrogens is 4. The van der Waals surface area contributed by atoms with E-state index in [0.29, 0.717) is 30.9 Å². The van der Waals surface area contributed by atoms with Crippen molar-refractivity contribution in [1.82, 2.24) is 19.9 Å². The fourth-order valence-corrected chi connectivity index (χ4v) is 3.19. The van der Waals surface area contributed by atoms with Gasteiger partial charge in [0.2, 0.25) is 17.8 Å². The molecule has 0 amide bonds. The maximum Gasteiger partial charge on any atom is 0.250 e. The summed E-state index contributed by atoms with van der Waals surface area (Å²) >= 11 is 0. The molecule has 8 nitrogen and oxygen atoms in total. The summed E-state index contributed by atoms with van der Waals surface area (Å²) in [4.78, 5) is 16.5. The van der Waals surface area contributed by atoms with Gasteiger partial charge >= 0.3 is 0 Å². The number of hydrogen-bond acceptors (Lipinski definition) is 7. The van der Waals surface area contributed by atoms with Gasteiger partial charge < -0.3 is 15.6 Å². The minimum absolute atomic E-state index is 0.370. The Labute approximate surface area is 174 Å². The molecule has 0 atom stereocenters. The monoisotopic (exact) mass is 400 g/mol. The third-order valence-electron chi connectivity index (χ3n) is 4.47. The zero-order chi connectivity index (χ0) is 20.8. The SMILES string of the molecule is CCNc1nc(NCC)nc(N/N=C/c2c(-c3ccccc3)[nH]c3ccccc23)n1. The van der Waals surface area contributed by atoms with E-state index in [2.05, 4.69) is 65.4 Å². The van der Waals surface area contributed by atoms with E-state index in [1.165, 1.54) is 0 Å². The van der Waals surface area contributed by atoms with Gasteiger partial charge in [-0.05, 0) is 25.5 Å². The van der Waals surface area contributed by atoms with Crippen LogP contribution in [0.4, 0.5) is 17.8 Å². The molecule has 0 aliphatic carbocycles. The average molecular weight is 400 g/mol. The van der Waals surface area contributed by atoms with Crippen LogP contribution in [0.3, 0.4) is 0 Å². The number of rotatable bonds is 8. The quantitative estimate of drug-likeness (QED) is 0.259. The predicted molar refractivity (Wildman–Crippen MR) is 123 cm³/mol. The molecule has 30 heavy (non-hydrogen) atoms. The molecule has 0 unspecified atom stereocenters. The van der Waals surface area contributed by atoms with Gasteiger partial charge in [0.1, 0.15) is 0 Å². The van der Waals surface area contributed by atoms with Gasteiger partial charge in [-0.25, -0.2) is 5.43 Å². The van der Waals surface area contributed by atoms with Crippen LogP contribution in [0.2, 0.25) is 0 Å². The number of fused-ring (bicyclic) bond motifs is 1. The van der Waals surface area contributed by atoms with Gasteiger partial charge in [0.05, 0.1) is 11.9 Å². The van der Waals surface area contributed by atoms with Gasteiger partial charge in [-0.3, -0.25) is 0 Å². The molecule has 0 spiro atoms. The molecule has 4 rings (SSSR count). The molecule has 0 saturated carbocycles. The van der Waals surface area contributed by atoms with Crippen molar-refractivity contribution in [2.45, 2.75) is 13.8 Å². The van der Waals surface area contributed by atoms with Gasteiger partial charge in [0, 0.05) is 29.6 Å². The molecule has 152 valence electrons. The van der Waals surface area contributed by atoms with Crippen molar-refractivity contribution in [1.29, 1.82) is 0 Å². The second kappa shape index (κ2) is 9.04. The average Bonchev–Trinajstić information content (AvgIpc) is 3.14. The van der Waals surface area contributed by atoms with Crippen LogP contribution in [0.15, 0.2) is 59.7 Å². The maximum atomic E-state index is 4.42. The van der Waals surface area contributed by atoms with Gasteiger partial charge in [0.15, 0.2) is 0 Å². The highest BCUT2D eigenvalue weighted by molar-refractivity contribution is 6.06. The van der Waals surface area contributed by atoms with Crippen molar-refractivity contribution >= 4 is 35.0 Å². The van der Waals surface area contributed by atoms with Crippen molar-refractivity contribution in [3.05, 3.63) is 60.2 Å². The number of anilines is 3. The number of H-pyrrole nitrogens is 1. The standard InChI is InChI=1S/C22H24N8/c1-3-23-20-27-21(24-4-2)29-22(28-20)30-25-14-17-16-12-8-9-13-18(16)26-19(17)15-10-6-5-7-11-15/h5-14,26H,3-4H2,1-2H3,(H3,23,24,27,28,29,30)/b25-14+. The number of para-hydroxylation sites is 1. The van der Waals surface area contributed by atoms with Crippen molar-refractivity contribution in [3.8, 4) is 11.3 Å². The summed E-state index contributed by atoms with van der Waals surface area (Å²) in [6.45, 7) is 5.41. The summed E-state index contributed by atoms with van der Waals surface area (Å²) in [5, 5.41) is 11.7. The summed E-state index contributed by atoms with van der Waals surface area (Å²) < 4.78 is 0. The molecular formula is C22H24N8. The molecular weight excluding hydrogens is 376 g/mol. The Kier molecular flexibility index (Phi) is 5.84. The number of nitrogens with one attached hydrogen (secondary N) is 4. The lowest BCUT2D eigenvalue weighted by molar-refractivity contribution is 0.992. The van der Waals surface area contributed by atoms with E-state index < -0.39 is 0 Å². The summed E-state index contributed by atoms with van der Waals surface area (Å²) in [5.74, 6) is 1.37. The molecule has 0 aliphatic rings. The Morgan fingerprint density at radius 1 is 0.833 bits per heavy atom. The van der Waals surface area contributed by atoms with E-state index in [0.717, 1.165) is 27.7 Å². The van der Waals surface area contributed by atoms with Gasteiger partial charge in [-0.1, -0.05) is 48.5 Å². The summed E-state index contributed by atoms with van der Waals surface area (Å²) in [5.41, 5.74) is 7.10. The predicted octanol–water partition coefficient (Wildman–Crippen LogP) is 4.33. The number of aromatic amines is 1. The number of hydrazone groups is 1. The molecule has 2 aromatic carbocycles. The second-order valence-corrected chi connectivity index (χ2v) is 6.56. The molecule has 0 saturated heterocycles. The Morgan fingerprint density at radius 2 is 1.47 bits per heavy atom. The van der Waals surface area contributed by atoms with Crippen molar-refractivity contribution in [2.24, 2.45) is 5.10 Å². The zero-order valence-electron chi connectivity index (χ0n) is 17.0. The molecule has 0 aliphatic heterocycles. The van der Waals surface area contributed by atoms with Gasteiger partial charge in [-0.15, -0.1) is 0 Å². The normalized spacial score (nSPS) is 11.1. The molecule has 4 aromatic rings. The van der Waals surface area contributed by atoms with Crippen LogP contribution in [-0.4, -0.2) is 39.2 Å². The van der Waals surface area contributed by atoms with Crippen LogP contribution in [0, 0.1) is 0 Å². The molecule has 2 aromatic heterocycles. The van der Waals surface area contributed by atoms with E-state index in [1.807, 2.05) is 44.2 Å². The third-order valence-corrected chi connectivity index (χ3v) is 4.47. The molecule has 8 heteroatoms. The summed E-state index contributed by atoms with van der Waals surface area (Å²) in [6, 6.07) is 18.4. The first-order chi connectivity index (χ1) is 14.8. The van der Waals surface area contributed by atoms with Crippen LogP contribution in [-0.2, 0) is 0 Å². The van der Waals surface area contributed by atoms with Crippen molar-refractivity contribution < 1.29 is 0 Å². The summed E-state index contributed by atoms with van der Waals surface area (Å²) in [7, 11) is 0. The van der Waals surface area contributed by atoms with Gasteiger partial charge in [-0.2, -0.15) is 20.1 Å². The van der Waals surface area contributed by atoms with Crippen LogP contribution in [0.25, 0.3) is 22.2 Å².